The van der Waals surface area contributed by atoms with Crippen LogP contribution in [-0.2, 0) is 0 Å². The number of hydrogen-bond acceptors (Lipinski definition) is 3. The Labute approximate surface area is 117 Å². The second-order valence-electron chi connectivity index (χ2n) is 6.60. The summed E-state index contributed by atoms with van der Waals surface area (Å²) >= 11 is 0. The zero-order chi connectivity index (χ0) is 13.8. The second-order valence-corrected chi connectivity index (χ2v) is 6.60. The highest BCUT2D eigenvalue weighted by Gasteiger charge is 2.37. The average Bonchev–Trinajstić information content (AvgIpc) is 2.42. The lowest BCUT2D eigenvalue weighted by atomic mass is 9.75. The first-order valence-corrected chi connectivity index (χ1v) is 7.97. The van der Waals surface area contributed by atoms with Gasteiger partial charge < -0.3 is 5.11 Å². The first-order chi connectivity index (χ1) is 9.15. The zero-order valence-corrected chi connectivity index (χ0v) is 12.4. The van der Waals surface area contributed by atoms with E-state index in [1.54, 1.807) is 0 Å². The fourth-order valence-corrected chi connectivity index (χ4v) is 3.92. The topological polar surface area (TPSA) is 47.3 Å². The summed E-state index contributed by atoms with van der Waals surface area (Å²) in [6.07, 6.45) is 6.77. The molecule has 0 aromatic carbocycles. The molecule has 5 atom stereocenters. The van der Waals surface area contributed by atoms with Crippen LogP contribution in [0.1, 0.15) is 52.4 Å². The third-order valence-corrected chi connectivity index (χ3v) is 5.15. The number of nitriles is 1. The minimum atomic E-state index is -0.146. The Balaban J connectivity index is 2.00. The minimum Gasteiger partial charge on any atom is -0.393 e. The van der Waals surface area contributed by atoms with Crippen LogP contribution >= 0.6 is 0 Å². The molecule has 1 aliphatic heterocycles. The van der Waals surface area contributed by atoms with Gasteiger partial charge in [0.1, 0.15) is 0 Å². The molecule has 0 aromatic rings. The van der Waals surface area contributed by atoms with E-state index in [0.717, 1.165) is 31.8 Å². The Hall–Kier alpha value is -0.590. The normalized spacial score (nSPS) is 40.8. The fraction of sp³-hybridized carbons (Fsp3) is 0.938. The van der Waals surface area contributed by atoms with Crippen molar-refractivity contribution in [1.82, 2.24) is 4.90 Å². The third kappa shape index (κ3) is 3.49. The maximum atomic E-state index is 9.86. The van der Waals surface area contributed by atoms with Crippen molar-refractivity contribution in [3.05, 3.63) is 0 Å². The summed E-state index contributed by atoms with van der Waals surface area (Å²) in [4.78, 5) is 2.49. The van der Waals surface area contributed by atoms with Crippen molar-refractivity contribution in [1.29, 1.82) is 5.26 Å². The molecule has 2 rings (SSSR count). The molecule has 1 N–H and O–H groups in total. The molecule has 0 spiro atoms. The second kappa shape index (κ2) is 6.72. The number of likely N-dealkylation sites (tertiary alicyclic amines) is 1. The van der Waals surface area contributed by atoms with Crippen molar-refractivity contribution in [3.63, 3.8) is 0 Å². The highest BCUT2D eigenvalue weighted by molar-refractivity contribution is 4.99. The molecule has 1 heterocycles. The molecule has 0 aromatic heterocycles. The maximum Gasteiger partial charge on any atom is 0.0672 e. The van der Waals surface area contributed by atoms with Crippen LogP contribution in [0.4, 0.5) is 0 Å². The van der Waals surface area contributed by atoms with Crippen LogP contribution in [0.25, 0.3) is 0 Å². The van der Waals surface area contributed by atoms with Crippen LogP contribution in [0.15, 0.2) is 0 Å². The number of aliphatic hydroxyl groups is 1. The molecule has 19 heavy (non-hydrogen) atoms. The van der Waals surface area contributed by atoms with Gasteiger partial charge in [0.05, 0.1) is 18.1 Å². The van der Waals surface area contributed by atoms with Crippen LogP contribution in [0.2, 0.25) is 0 Å². The summed E-state index contributed by atoms with van der Waals surface area (Å²) in [5, 5.41) is 19.3. The van der Waals surface area contributed by atoms with Gasteiger partial charge in [0.15, 0.2) is 0 Å². The van der Waals surface area contributed by atoms with Gasteiger partial charge in [0.2, 0.25) is 0 Å². The van der Waals surface area contributed by atoms with Gasteiger partial charge in [0, 0.05) is 19.1 Å². The van der Waals surface area contributed by atoms with E-state index in [4.69, 9.17) is 0 Å². The molecule has 2 aliphatic rings. The molecule has 3 nitrogen and oxygen atoms in total. The SMILES string of the molecule is CCCC1CCC(C#N)C(N2CCC(O)C(C)C2)C1. The molecule has 0 amide bonds. The van der Waals surface area contributed by atoms with Crippen LogP contribution in [-0.4, -0.2) is 35.2 Å². The quantitative estimate of drug-likeness (QED) is 0.852. The van der Waals surface area contributed by atoms with Gasteiger partial charge in [0.25, 0.3) is 0 Å². The Kier molecular flexibility index (Phi) is 5.24. The van der Waals surface area contributed by atoms with Gasteiger partial charge in [-0.25, -0.2) is 0 Å². The van der Waals surface area contributed by atoms with E-state index >= 15 is 0 Å². The fourth-order valence-electron chi connectivity index (χ4n) is 3.92. The number of aliphatic hydroxyl groups excluding tert-OH is 1. The Morgan fingerprint density at radius 2 is 2.11 bits per heavy atom. The zero-order valence-electron chi connectivity index (χ0n) is 12.4. The molecule has 108 valence electrons. The van der Waals surface area contributed by atoms with E-state index in [-0.39, 0.29) is 12.0 Å². The molecule has 3 heteroatoms. The van der Waals surface area contributed by atoms with Gasteiger partial charge in [-0.3, -0.25) is 4.90 Å². The standard InChI is InChI=1S/C16H28N2O/c1-3-4-13-5-6-14(10-17)15(9-13)18-8-7-16(19)12(2)11-18/h12-16,19H,3-9,11H2,1-2H3. The largest absolute Gasteiger partial charge is 0.393 e. The van der Waals surface area contributed by atoms with E-state index in [9.17, 15) is 10.4 Å². The summed E-state index contributed by atoms with van der Waals surface area (Å²) in [5.74, 6) is 1.36. The number of hydrogen-bond donors (Lipinski definition) is 1. The molecule has 2 fully saturated rings. The van der Waals surface area contributed by atoms with Crippen LogP contribution in [0.3, 0.4) is 0 Å². The maximum absolute atomic E-state index is 9.86. The van der Waals surface area contributed by atoms with Crippen LogP contribution in [0, 0.1) is 29.1 Å². The summed E-state index contributed by atoms with van der Waals surface area (Å²) < 4.78 is 0. The van der Waals surface area contributed by atoms with Crippen LogP contribution in [0.5, 0.6) is 0 Å². The van der Waals surface area contributed by atoms with E-state index in [2.05, 4.69) is 24.8 Å². The highest BCUT2D eigenvalue weighted by Crippen LogP contribution is 2.36. The summed E-state index contributed by atoms with van der Waals surface area (Å²) in [5.41, 5.74) is 0. The molecular weight excluding hydrogens is 236 g/mol. The van der Waals surface area contributed by atoms with E-state index < -0.39 is 0 Å². The lowest BCUT2D eigenvalue weighted by molar-refractivity contribution is -0.00480. The molecule has 5 unspecified atom stereocenters. The Morgan fingerprint density at radius 1 is 1.32 bits per heavy atom. The summed E-state index contributed by atoms with van der Waals surface area (Å²) in [7, 11) is 0. The summed E-state index contributed by atoms with van der Waals surface area (Å²) in [6, 6.07) is 2.97. The van der Waals surface area contributed by atoms with Gasteiger partial charge >= 0.3 is 0 Å². The minimum absolute atomic E-state index is 0.146. The first-order valence-electron chi connectivity index (χ1n) is 7.97. The molecule has 1 saturated carbocycles. The van der Waals surface area contributed by atoms with Crippen LogP contribution < -0.4 is 0 Å². The number of rotatable bonds is 3. The summed E-state index contributed by atoms with van der Waals surface area (Å²) in [6.45, 7) is 6.31. The van der Waals surface area contributed by atoms with Gasteiger partial charge in [-0.05, 0) is 37.5 Å². The number of nitrogens with zero attached hydrogens (tertiary/aromatic N) is 2. The predicted molar refractivity (Wildman–Crippen MR) is 76.5 cm³/mol. The van der Waals surface area contributed by atoms with Crippen molar-refractivity contribution in [3.8, 4) is 6.07 Å². The van der Waals surface area contributed by atoms with E-state index in [1.165, 1.54) is 25.7 Å². The lowest BCUT2D eigenvalue weighted by Gasteiger charge is -2.44. The smallest absolute Gasteiger partial charge is 0.0672 e. The van der Waals surface area contributed by atoms with Crippen molar-refractivity contribution < 1.29 is 5.11 Å². The predicted octanol–water partition coefficient (Wildman–Crippen LogP) is 2.80. The molecule has 1 saturated heterocycles. The van der Waals surface area contributed by atoms with E-state index in [1.807, 2.05) is 0 Å². The molecule has 1 aliphatic carbocycles. The Bertz CT molecular complexity index is 325. The van der Waals surface area contributed by atoms with Gasteiger partial charge in [-0.2, -0.15) is 5.26 Å². The van der Waals surface area contributed by atoms with Gasteiger partial charge in [-0.1, -0.05) is 26.7 Å². The van der Waals surface area contributed by atoms with E-state index in [0.29, 0.717) is 12.0 Å². The highest BCUT2D eigenvalue weighted by atomic mass is 16.3. The average molecular weight is 264 g/mol. The molecule has 0 bridgehead atoms. The van der Waals surface area contributed by atoms with Crippen molar-refractivity contribution in [2.75, 3.05) is 13.1 Å². The monoisotopic (exact) mass is 264 g/mol. The van der Waals surface area contributed by atoms with Gasteiger partial charge in [-0.15, -0.1) is 0 Å². The lowest BCUT2D eigenvalue weighted by Crippen LogP contribution is -2.51. The van der Waals surface area contributed by atoms with Crippen molar-refractivity contribution >= 4 is 0 Å². The molecular formula is C16H28N2O. The first kappa shape index (κ1) is 14.8. The van der Waals surface area contributed by atoms with Crippen molar-refractivity contribution in [2.45, 2.75) is 64.5 Å². The molecule has 0 radical (unpaired) electrons. The Morgan fingerprint density at radius 3 is 2.74 bits per heavy atom. The van der Waals surface area contributed by atoms with Crippen molar-refractivity contribution in [2.24, 2.45) is 17.8 Å². The number of piperidine rings is 1. The third-order valence-electron chi connectivity index (χ3n) is 5.15.